The molecule has 0 saturated heterocycles. The quantitative estimate of drug-likeness (QED) is 0.560. The van der Waals surface area contributed by atoms with E-state index in [-0.39, 0.29) is 0 Å². The Morgan fingerprint density at radius 2 is 1.73 bits per heavy atom. The van der Waals surface area contributed by atoms with Crippen LogP contribution in [0.3, 0.4) is 0 Å². The first kappa shape index (κ1) is 12.2. The summed E-state index contributed by atoms with van der Waals surface area (Å²) in [5.74, 6) is 0. The van der Waals surface area contributed by atoms with Crippen LogP contribution in [0.4, 0.5) is 0 Å². The molecule has 0 aromatic heterocycles. The molecule has 1 aromatic carbocycles. The lowest BCUT2D eigenvalue weighted by Crippen LogP contribution is -2.39. The molecule has 0 amide bonds. The van der Waals surface area contributed by atoms with Crippen LogP contribution in [0.2, 0.25) is 0 Å². The van der Waals surface area contributed by atoms with Crippen LogP contribution in [0.15, 0.2) is 30.3 Å². The number of rotatable bonds is 6. The van der Waals surface area contributed by atoms with Crippen molar-refractivity contribution in [3.63, 3.8) is 0 Å². The zero-order valence-corrected chi connectivity index (χ0v) is 9.95. The SMILES string of the molecule is C[N+](C)(CCCCN)Cc1ccccc1. The predicted molar refractivity (Wildman–Crippen MR) is 65.4 cm³/mol. The van der Waals surface area contributed by atoms with Crippen LogP contribution < -0.4 is 5.73 Å². The van der Waals surface area contributed by atoms with Gasteiger partial charge in [-0.05, 0) is 19.4 Å². The number of nitrogens with two attached hydrogens (primary N) is 1. The van der Waals surface area contributed by atoms with Gasteiger partial charge in [-0.3, -0.25) is 0 Å². The van der Waals surface area contributed by atoms with E-state index < -0.39 is 0 Å². The van der Waals surface area contributed by atoms with E-state index in [2.05, 4.69) is 44.4 Å². The summed E-state index contributed by atoms with van der Waals surface area (Å²) in [6.45, 7) is 3.11. The van der Waals surface area contributed by atoms with Crippen molar-refractivity contribution >= 4 is 0 Å². The number of benzene rings is 1. The molecular formula is C13H23N2+. The number of unbranched alkanes of at least 4 members (excludes halogenated alkanes) is 1. The van der Waals surface area contributed by atoms with Crippen molar-refractivity contribution in [1.29, 1.82) is 0 Å². The average molecular weight is 207 g/mol. The summed E-state index contributed by atoms with van der Waals surface area (Å²) in [6, 6.07) is 10.7. The van der Waals surface area contributed by atoms with Crippen molar-refractivity contribution in [2.45, 2.75) is 19.4 Å². The summed E-state index contributed by atoms with van der Waals surface area (Å²) in [6.07, 6.45) is 2.35. The minimum atomic E-state index is 0.811. The predicted octanol–water partition coefficient (Wildman–Crippen LogP) is 2.00. The van der Waals surface area contributed by atoms with Gasteiger partial charge in [0.05, 0.1) is 20.6 Å². The molecule has 0 heterocycles. The highest BCUT2D eigenvalue weighted by molar-refractivity contribution is 5.13. The summed E-state index contributed by atoms with van der Waals surface area (Å²) >= 11 is 0. The van der Waals surface area contributed by atoms with Crippen LogP contribution in [0.1, 0.15) is 18.4 Å². The molecule has 0 unspecified atom stereocenters. The van der Waals surface area contributed by atoms with Crippen molar-refractivity contribution in [2.75, 3.05) is 27.2 Å². The number of nitrogens with zero attached hydrogens (tertiary/aromatic N) is 1. The molecule has 0 fully saturated rings. The Kier molecular flexibility index (Phi) is 4.79. The van der Waals surface area contributed by atoms with Gasteiger partial charge in [-0.25, -0.2) is 0 Å². The number of hydrogen-bond acceptors (Lipinski definition) is 1. The minimum absolute atomic E-state index is 0.811. The zero-order valence-electron chi connectivity index (χ0n) is 9.95. The van der Waals surface area contributed by atoms with Crippen molar-refractivity contribution < 1.29 is 4.48 Å². The van der Waals surface area contributed by atoms with E-state index in [4.69, 9.17) is 5.73 Å². The Hall–Kier alpha value is -0.860. The van der Waals surface area contributed by atoms with Crippen LogP contribution >= 0.6 is 0 Å². The van der Waals surface area contributed by atoms with Gasteiger partial charge in [0.15, 0.2) is 0 Å². The lowest BCUT2D eigenvalue weighted by Gasteiger charge is -2.29. The third-order valence-corrected chi connectivity index (χ3v) is 2.67. The van der Waals surface area contributed by atoms with E-state index >= 15 is 0 Å². The fourth-order valence-corrected chi connectivity index (χ4v) is 1.84. The van der Waals surface area contributed by atoms with Gasteiger partial charge in [0.2, 0.25) is 0 Å². The lowest BCUT2D eigenvalue weighted by molar-refractivity contribution is -0.903. The first-order chi connectivity index (χ1) is 7.14. The van der Waals surface area contributed by atoms with Crippen LogP contribution in [-0.4, -0.2) is 31.7 Å². The van der Waals surface area contributed by atoms with E-state index in [1.165, 1.54) is 18.5 Å². The normalized spacial score (nSPS) is 11.7. The van der Waals surface area contributed by atoms with Gasteiger partial charge in [0.25, 0.3) is 0 Å². The lowest BCUT2D eigenvalue weighted by atomic mass is 10.2. The molecule has 2 nitrogen and oxygen atoms in total. The first-order valence-electron chi connectivity index (χ1n) is 5.70. The molecule has 0 bridgehead atoms. The van der Waals surface area contributed by atoms with Gasteiger partial charge >= 0.3 is 0 Å². The second-order valence-corrected chi connectivity index (χ2v) is 4.80. The standard InChI is InChI=1S/C13H23N2/c1-15(2,11-7-6-10-14)12-13-8-4-3-5-9-13/h3-5,8-9H,6-7,10-12,14H2,1-2H3/q+1. The van der Waals surface area contributed by atoms with Crippen LogP contribution in [0.25, 0.3) is 0 Å². The molecule has 0 atom stereocenters. The number of quaternary nitrogens is 1. The highest BCUT2D eigenvalue weighted by Crippen LogP contribution is 2.10. The van der Waals surface area contributed by atoms with Crippen LogP contribution in [-0.2, 0) is 6.54 Å². The molecular weight excluding hydrogens is 184 g/mol. The monoisotopic (exact) mass is 207 g/mol. The Bertz CT molecular complexity index is 267. The maximum atomic E-state index is 5.50. The largest absolute Gasteiger partial charge is 0.330 e. The van der Waals surface area contributed by atoms with Crippen molar-refractivity contribution in [3.05, 3.63) is 35.9 Å². The van der Waals surface area contributed by atoms with Crippen molar-refractivity contribution in [1.82, 2.24) is 0 Å². The second kappa shape index (κ2) is 5.89. The zero-order chi connectivity index (χ0) is 11.1. The van der Waals surface area contributed by atoms with E-state index in [0.717, 1.165) is 24.0 Å². The minimum Gasteiger partial charge on any atom is -0.330 e. The summed E-state index contributed by atoms with van der Waals surface area (Å²) in [5.41, 5.74) is 6.92. The van der Waals surface area contributed by atoms with Gasteiger partial charge in [0.1, 0.15) is 6.54 Å². The van der Waals surface area contributed by atoms with Crippen LogP contribution in [0.5, 0.6) is 0 Å². The molecule has 0 aliphatic heterocycles. The third-order valence-electron chi connectivity index (χ3n) is 2.67. The molecule has 1 aromatic rings. The van der Waals surface area contributed by atoms with Crippen LogP contribution in [0, 0.1) is 0 Å². The molecule has 84 valence electrons. The average Bonchev–Trinajstić information content (AvgIpc) is 2.18. The van der Waals surface area contributed by atoms with E-state index in [9.17, 15) is 0 Å². The van der Waals surface area contributed by atoms with Gasteiger partial charge < -0.3 is 10.2 Å². The fourth-order valence-electron chi connectivity index (χ4n) is 1.84. The van der Waals surface area contributed by atoms with Gasteiger partial charge in [-0.1, -0.05) is 30.3 Å². The summed E-state index contributed by atoms with van der Waals surface area (Å²) < 4.78 is 1.05. The summed E-state index contributed by atoms with van der Waals surface area (Å²) in [5, 5.41) is 0. The Labute approximate surface area is 93.3 Å². The fraction of sp³-hybridized carbons (Fsp3) is 0.538. The third kappa shape index (κ3) is 4.96. The highest BCUT2D eigenvalue weighted by atomic mass is 15.3. The van der Waals surface area contributed by atoms with Gasteiger partial charge in [0, 0.05) is 5.56 Å². The Morgan fingerprint density at radius 1 is 1.07 bits per heavy atom. The smallest absolute Gasteiger partial charge is 0.104 e. The van der Waals surface area contributed by atoms with Crippen molar-refractivity contribution in [2.24, 2.45) is 5.73 Å². The molecule has 0 saturated carbocycles. The summed E-state index contributed by atoms with van der Waals surface area (Å²) in [7, 11) is 4.56. The van der Waals surface area contributed by atoms with Crippen molar-refractivity contribution in [3.8, 4) is 0 Å². The maximum absolute atomic E-state index is 5.50. The van der Waals surface area contributed by atoms with Gasteiger partial charge in [-0.2, -0.15) is 0 Å². The number of hydrogen-bond donors (Lipinski definition) is 1. The van der Waals surface area contributed by atoms with E-state index in [1.807, 2.05) is 0 Å². The topological polar surface area (TPSA) is 26.0 Å². The molecule has 0 aliphatic carbocycles. The molecule has 2 N–H and O–H groups in total. The molecule has 0 spiro atoms. The first-order valence-corrected chi connectivity index (χ1v) is 5.70. The Morgan fingerprint density at radius 3 is 2.33 bits per heavy atom. The molecule has 2 heteroatoms. The highest BCUT2D eigenvalue weighted by Gasteiger charge is 2.14. The van der Waals surface area contributed by atoms with E-state index in [1.54, 1.807) is 0 Å². The molecule has 0 radical (unpaired) electrons. The van der Waals surface area contributed by atoms with E-state index in [0.29, 0.717) is 0 Å². The molecule has 15 heavy (non-hydrogen) atoms. The van der Waals surface area contributed by atoms with Gasteiger partial charge in [-0.15, -0.1) is 0 Å². The molecule has 1 rings (SSSR count). The maximum Gasteiger partial charge on any atom is 0.104 e. The Balaban J connectivity index is 2.42. The summed E-state index contributed by atoms with van der Waals surface area (Å²) in [4.78, 5) is 0. The second-order valence-electron chi connectivity index (χ2n) is 4.80. The molecule has 0 aliphatic rings.